The smallest absolute Gasteiger partial charge is 0.422 e. The number of methoxy groups -OCH3 is 1. The van der Waals surface area contributed by atoms with E-state index in [0.29, 0.717) is 12.8 Å². The molecule has 10 heteroatoms. The first kappa shape index (κ1) is 26.6. The van der Waals surface area contributed by atoms with E-state index in [-0.39, 0.29) is 27.6 Å². The van der Waals surface area contributed by atoms with Crippen LogP contribution >= 0.6 is 11.6 Å². The fourth-order valence-corrected chi connectivity index (χ4v) is 3.33. The zero-order valence-corrected chi connectivity index (χ0v) is 19.8. The monoisotopic (exact) mass is 489 g/mol. The summed E-state index contributed by atoms with van der Waals surface area (Å²) in [5.74, 6) is -0.541. The Morgan fingerprint density at radius 2 is 1.76 bits per heavy atom. The minimum Gasteiger partial charge on any atom is -0.495 e. The van der Waals surface area contributed by atoms with E-state index >= 15 is 0 Å². The van der Waals surface area contributed by atoms with Crippen molar-refractivity contribution in [2.24, 2.45) is 0 Å². The number of carbonyl (C=O) groups is 1. The Morgan fingerprint density at radius 3 is 2.30 bits per heavy atom. The average molecular weight is 490 g/mol. The Hall–Kier alpha value is -2.68. The number of rotatable bonds is 8. The molecule has 0 spiro atoms. The second-order valence-corrected chi connectivity index (χ2v) is 8.82. The van der Waals surface area contributed by atoms with Gasteiger partial charge in [0, 0.05) is 22.2 Å². The zero-order valence-electron chi connectivity index (χ0n) is 19.1. The quantitative estimate of drug-likeness (QED) is 0.438. The van der Waals surface area contributed by atoms with Crippen LogP contribution < -0.4 is 15.0 Å². The molecule has 0 radical (unpaired) electrons. The van der Waals surface area contributed by atoms with Crippen LogP contribution in [0.3, 0.4) is 0 Å². The molecular weight excluding hydrogens is 463 g/mol. The first-order valence-electron chi connectivity index (χ1n) is 10.3. The third kappa shape index (κ3) is 7.42. The number of esters is 1. The predicted molar refractivity (Wildman–Crippen MR) is 119 cm³/mol. The second kappa shape index (κ2) is 10.5. The number of ether oxygens (including phenoxy) is 3. The molecule has 0 aliphatic heterocycles. The Kier molecular flexibility index (Phi) is 8.46. The van der Waals surface area contributed by atoms with Crippen molar-refractivity contribution in [3.05, 3.63) is 45.8 Å². The van der Waals surface area contributed by atoms with Gasteiger partial charge in [0.2, 0.25) is 0 Å². The number of pyridine rings is 1. The summed E-state index contributed by atoms with van der Waals surface area (Å²) in [7, 11) is 1.34. The molecule has 0 N–H and O–H groups in total. The van der Waals surface area contributed by atoms with Crippen LogP contribution in [0.1, 0.15) is 46.6 Å². The molecule has 33 heavy (non-hydrogen) atoms. The highest BCUT2D eigenvalue weighted by Gasteiger charge is 2.30. The van der Waals surface area contributed by atoms with E-state index < -0.39 is 36.0 Å². The van der Waals surface area contributed by atoms with Gasteiger partial charge in [-0.15, -0.1) is 0 Å². The van der Waals surface area contributed by atoms with Crippen molar-refractivity contribution in [1.29, 1.82) is 0 Å². The number of benzene rings is 1. The van der Waals surface area contributed by atoms with Crippen LogP contribution in [0.5, 0.6) is 11.5 Å². The van der Waals surface area contributed by atoms with Crippen molar-refractivity contribution < 1.29 is 32.2 Å². The molecule has 0 bridgehead atoms. The number of hydrogen-bond acceptors (Lipinski definition) is 5. The molecule has 0 saturated heterocycles. The summed E-state index contributed by atoms with van der Waals surface area (Å²) in [6, 6.07) is 4.33. The number of alkyl halides is 3. The average Bonchev–Trinajstić information content (AvgIpc) is 2.69. The maximum absolute atomic E-state index is 13.0. The fraction of sp³-hybridized carbons (Fsp3) is 0.478. The zero-order chi connectivity index (χ0) is 25.0. The van der Waals surface area contributed by atoms with Gasteiger partial charge in [-0.3, -0.25) is 9.36 Å². The summed E-state index contributed by atoms with van der Waals surface area (Å²) in [4.78, 5) is 25.8. The van der Waals surface area contributed by atoms with Gasteiger partial charge in [0.1, 0.15) is 23.1 Å². The van der Waals surface area contributed by atoms with Crippen molar-refractivity contribution in [3.8, 4) is 22.6 Å². The van der Waals surface area contributed by atoms with Crippen LogP contribution in [0.2, 0.25) is 5.02 Å². The molecular formula is C23H27ClF3NO5. The van der Waals surface area contributed by atoms with Crippen molar-refractivity contribution in [2.75, 3.05) is 13.7 Å². The van der Waals surface area contributed by atoms with E-state index in [1.165, 1.54) is 42.1 Å². The van der Waals surface area contributed by atoms with E-state index in [2.05, 4.69) is 0 Å². The molecule has 2 aromatic rings. The maximum atomic E-state index is 13.0. The lowest BCUT2D eigenvalue weighted by Crippen LogP contribution is -2.34. The summed E-state index contributed by atoms with van der Waals surface area (Å²) < 4.78 is 55.1. The van der Waals surface area contributed by atoms with Gasteiger partial charge in [-0.25, -0.2) is 4.79 Å². The first-order valence-corrected chi connectivity index (χ1v) is 10.7. The SMILES string of the molecule is CCCC(C(=O)OC(C)(C)C)n1cc(OC)c(-c2cc(Cl)ccc2OCC(F)(F)F)cc1=O. The van der Waals surface area contributed by atoms with Crippen LogP contribution in [0.4, 0.5) is 13.2 Å². The van der Waals surface area contributed by atoms with E-state index in [4.69, 9.17) is 25.8 Å². The highest BCUT2D eigenvalue weighted by molar-refractivity contribution is 6.31. The Bertz CT molecular complexity index is 1040. The molecule has 1 atom stereocenters. The topological polar surface area (TPSA) is 66.8 Å². The lowest BCUT2D eigenvalue weighted by Gasteiger charge is -2.25. The van der Waals surface area contributed by atoms with Gasteiger partial charge in [0.15, 0.2) is 6.61 Å². The Balaban J connectivity index is 2.59. The van der Waals surface area contributed by atoms with Crippen LogP contribution in [0.15, 0.2) is 35.3 Å². The van der Waals surface area contributed by atoms with Crippen molar-refractivity contribution in [3.63, 3.8) is 0 Å². The molecule has 1 aromatic carbocycles. The molecule has 0 aliphatic carbocycles. The maximum Gasteiger partial charge on any atom is 0.422 e. The largest absolute Gasteiger partial charge is 0.495 e. The van der Waals surface area contributed by atoms with Gasteiger partial charge >= 0.3 is 12.1 Å². The molecule has 0 fully saturated rings. The number of hydrogen-bond donors (Lipinski definition) is 0. The Labute approximate surface area is 195 Å². The van der Waals surface area contributed by atoms with Gasteiger partial charge in [-0.1, -0.05) is 24.9 Å². The minimum atomic E-state index is -4.55. The molecule has 2 rings (SSSR count). The van der Waals surface area contributed by atoms with Crippen LogP contribution in [-0.4, -0.2) is 36.0 Å². The standard InChI is InChI=1S/C23H27ClF3NO5/c1-6-7-17(21(30)33-22(2,3)4)28-12-19(31-5)16(11-20(28)29)15-10-14(24)8-9-18(15)32-13-23(25,26)27/h8-12,17H,6-7,13H2,1-5H3. The summed E-state index contributed by atoms with van der Waals surface area (Å²) >= 11 is 6.05. The van der Waals surface area contributed by atoms with Gasteiger partial charge in [0.05, 0.1) is 13.3 Å². The summed E-state index contributed by atoms with van der Waals surface area (Å²) in [5, 5.41) is 0.230. The van der Waals surface area contributed by atoms with E-state index in [1.807, 2.05) is 6.92 Å². The van der Waals surface area contributed by atoms with Gasteiger partial charge < -0.3 is 14.2 Å². The lowest BCUT2D eigenvalue weighted by atomic mass is 10.0. The highest BCUT2D eigenvalue weighted by atomic mass is 35.5. The predicted octanol–water partition coefficient (Wildman–Crippen LogP) is 5.80. The van der Waals surface area contributed by atoms with Crippen LogP contribution in [0, 0.1) is 0 Å². The summed E-state index contributed by atoms with van der Waals surface area (Å²) in [6.45, 7) is 5.52. The molecule has 1 unspecified atom stereocenters. The van der Waals surface area contributed by atoms with E-state index in [0.717, 1.165) is 0 Å². The lowest BCUT2D eigenvalue weighted by molar-refractivity contribution is -0.159. The number of halogens is 4. The van der Waals surface area contributed by atoms with Crippen molar-refractivity contribution in [1.82, 2.24) is 4.57 Å². The molecule has 6 nitrogen and oxygen atoms in total. The summed E-state index contributed by atoms with van der Waals surface area (Å²) in [6.07, 6.45) is -2.26. The van der Waals surface area contributed by atoms with E-state index in [9.17, 15) is 22.8 Å². The van der Waals surface area contributed by atoms with Gasteiger partial charge in [0.25, 0.3) is 5.56 Å². The highest BCUT2D eigenvalue weighted by Crippen LogP contribution is 2.38. The second-order valence-electron chi connectivity index (χ2n) is 8.38. The van der Waals surface area contributed by atoms with Crippen molar-refractivity contribution in [2.45, 2.75) is 58.4 Å². The third-order valence-corrected chi connectivity index (χ3v) is 4.70. The molecule has 0 saturated carbocycles. The van der Waals surface area contributed by atoms with Crippen LogP contribution in [0.25, 0.3) is 11.1 Å². The van der Waals surface area contributed by atoms with E-state index in [1.54, 1.807) is 20.8 Å². The van der Waals surface area contributed by atoms with Crippen molar-refractivity contribution >= 4 is 17.6 Å². The summed E-state index contributed by atoms with van der Waals surface area (Å²) in [5.41, 5.74) is -0.978. The number of carbonyl (C=O) groups excluding carboxylic acids is 1. The van der Waals surface area contributed by atoms with Crippen LogP contribution in [-0.2, 0) is 9.53 Å². The molecule has 1 heterocycles. The molecule has 182 valence electrons. The molecule has 1 aromatic heterocycles. The third-order valence-electron chi connectivity index (χ3n) is 4.46. The molecule has 0 amide bonds. The number of nitrogens with zero attached hydrogens (tertiary/aromatic N) is 1. The number of aromatic nitrogens is 1. The minimum absolute atomic E-state index is 0.121. The normalized spacial score (nSPS) is 12.9. The van der Waals surface area contributed by atoms with Gasteiger partial charge in [-0.05, 0) is 45.4 Å². The molecule has 0 aliphatic rings. The first-order chi connectivity index (χ1) is 15.3. The fourth-order valence-electron chi connectivity index (χ4n) is 3.16. The van der Waals surface area contributed by atoms with Gasteiger partial charge in [-0.2, -0.15) is 13.2 Å². The Morgan fingerprint density at radius 1 is 1.12 bits per heavy atom.